The number of Topliss-reactive ketones (excluding diaryl/α,β-unsaturated/α-hetero) is 1. The van der Waals surface area contributed by atoms with E-state index < -0.39 is 5.91 Å². The van der Waals surface area contributed by atoms with E-state index in [2.05, 4.69) is 4.57 Å². The van der Waals surface area contributed by atoms with Crippen LogP contribution in [-0.2, 0) is 19.5 Å². The van der Waals surface area contributed by atoms with E-state index in [4.69, 9.17) is 5.73 Å². The van der Waals surface area contributed by atoms with Gasteiger partial charge in [-0.05, 0) is 50.1 Å². The van der Waals surface area contributed by atoms with E-state index in [9.17, 15) is 14.0 Å². The fourth-order valence-corrected chi connectivity index (χ4v) is 3.34. The van der Waals surface area contributed by atoms with Crippen molar-refractivity contribution in [3.63, 3.8) is 0 Å². The third-order valence-electron chi connectivity index (χ3n) is 4.88. The summed E-state index contributed by atoms with van der Waals surface area (Å²) < 4.78 is 16.8. The van der Waals surface area contributed by atoms with Crippen molar-refractivity contribution in [3.8, 4) is 0 Å². The fourth-order valence-electron chi connectivity index (χ4n) is 3.34. The van der Waals surface area contributed by atoms with E-state index >= 15 is 0 Å². The summed E-state index contributed by atoms with van der Waals surface area (Å²) in [7, 11) is 0. The normalized spacial score (nSPS) is 10.8. The number of carbonyl (C=O) groups is 2. The number of benzene rings is 1. The van der Waals surface area contributed by atoms with Crippen LogP contribution in [0.3, 0.4) is 0 Å². The Morgan fingerprint density at radius 1 is 1.14 bits per heavy atom. The molecule has 5 nitrogen and oxygen atoms in total. The van der Waals surface area contributed by atoms with Crippen LogP contribution in [0.5, 0.6) is 0 Å². The van der Waals surface area contributed by atoms with Crippen LogP contribution < -0.4 is 10.3 Å². The highest BCUT2D eigenvalue weighted by Crippen LogP contribution is 2.17. The lowest BCUT2D eigenvalue weighted by Crippen LogP contribution is -2.38. The van der Waals surface area contributed by atoms with E-state index in [1.165, 1.54) is 12.1 Å². The van der Waals surface area contributed by atoms with Gasteiger partial charge in [0.2, 0.25) is 12.3 Å². The molecule has 1 amide bonds. The van der Waals surface area contributed by atoms with Gasteiger partial charge >= 0.3 is 0 Å². The van der Waals surface area contributed by atoms with Crippen molar-refractivity contribution in [1.82, 2.24) is 4.57 Å². The molecule has 2 heterocycles. The van der Waals surface area contributed by atoms with Gasteiger partial charge in [0, 0.05) is 29.6 Å². The topological polar surface area (TPSA) is 69.0 Å². The predicted octanol–water partition coefficient (Wildman–Crippen LogP) is 2.76. The van der Waals surface area contributed by atoms with E-state index in [1.807, 2.05) is 19.9 Å². The molecule has 3 rings (SSSR count). The first kappa shape index (κ1) is 19.5. The minimum Gasteiger partial charge on any atom is -0.365 e. The number of hydrogen-bond acceptors (Lipinski definition) is 2. The minimum atomic E-state index is -0.527. The van der Waals surface area contributed by atoms with Gasteiger partial charge in [-0.3, -0.25) is 9.59 Å². The maximum atomic E-state index is 13.0. The van der Waals surface area contributed by atoms with Gasteiger partial charge in [-0.1, -0.05) is 12.1 Å². The van der Waals surface area contributed by atoms with Crippen LogP contribution in [0.2, 0.25) is 0 Å². The van der Waals surface area contributed by atoms with E-state index in [0.717, 1.165) is 23.4 Å². The van der Waals surface area contributed by atoms with Crippen LogP contribution >= 0.6 is 0 Å². The highest BCUT2D eigenvalue weighted by atomic mass is 19.1. The summed E-state index contributed by atoms with van der Waals surface area (Å²) in [5, 5.41) is 0. The van der Waals surface area contributed by atoms with E-state index in [1.54, 1.807) is 41.2 Å². The number of ketones is 1. The number of nitrogens with two attached hydrogens (primary N) is 1. The average molecular weight is 380 g/mol. The number of aromatic nitrogens is 2. The van der Waals surface area contributed by atoms with Gasteiger partial charge in [0.1, 0.15) is 11.4 Å². The number of hydrogen-bond donors (Lipinski definition) is 1. The number of pyridine rings is 1. The molecule has 0 spiro atoms. The van der Waals surface area contributed by atoms with Gasteiger partial charge in [0.15, 0.2) is 12.4 Å². The van der Waals surface area contributed by atoms with Crippen LogP contribution in [0.4, 0.5) is 4.39 Å². The zero-order valence-electron chi connectivity index (χ0n) is 16.0. The quantitative estimate of drug-likeness (QED) is 0.506. The molecule has 0 aliphatic heterocycles. The van der Waals surface area contributed by atoms with Crippen molar-refractivity contribution in [2.45, 2.75) is 33.4 Å². The lowest BCUT2D eigenvalue weighted by molar-refractivity contribution is -0.683. The maximum absolute atomic E-state index is 13.0. The van der Waals surface area contributed by atoms with Gasteiger partial charge < -0.3 is 10.3 Å². The Morgan fingerprint density at radius 2 is 1.86 bits per heavy atom. The molecule has 0 fully saturated rings. The predicted molar refractivity (Wildman–Crippen MR) is 103 cm³/mol. The van der Waals surface area contributed by atoms with E-state index in [-0.39, 0.29) is 18.1 Å². The standard InChI is InChI=1S/C22H22FN3O2/c1-15-12-20(21(27)14-25-10-3-4-18(13-25)22(24)28)16(2)26(15)11-9-17-5-7-19(23)8-6-17/h3-8,10,12-13H,9,11,14H2,1-2H3,(H-,24,28)/p+1. The minimum absolute atomic E-state index is 0.0345. The zero-order valence-corrected chi connectivity index (χ0v) is 16.0. The second-order valence-corrected chi connectivity index (χ2v) is 6.87. The summed E-state index contributed by atoms with van der Waals surface area (Å²) in [6, 6.07) is 11.7. The van der Waals surface area contributed by atoms with Gasteiger partial charge in [-0.15, -0.1) is 0 Å². The third-order valence-corrected chi connectivity index (χ3v) is 4.88. The highest BCUT2D eigenvalue weighted by Gasteiger charge is 2.19. The number of nitrogens with zero attached hydrogens (tertiary/aromatic N) is 2. The van der Waals surface area contributed by atoms with E-state index in [0.29, 0.717) is 17.7 Å². The van der Waals surface area contributed by atoms with Gasteiger partial charge in [-0.25, -0.2) is 4.39 Å². The van der Waals surface area contributed by atoms with Gasteiger partial charge in [0.25, 0.3) is 5.91 Å². The molecule has 0 saturated heterocycles. The zero-order chi connectivity index (χ0) is 20.3. The Labute approximate surface area is 163 Å². The van der Waals surface area contributed by atoms with Crippen LogP contribution in [0.25, 0.3) is 0 Å². The Hall–Kier alpha value is -3.28. The number of primary amides is 1. The number of aryl methyl sites for hydroxylation is 2. The molecule has 0 atom stereocenters. The van der Waals surface area contributed by atoms with Crippen molar-refractivity contribution in [2.75, 3.05) is 0 Å². The Morgan fingerprint density at radius 3 is 2.54 bits per heavy atom. The van der Waals surface area contributed by atoms with Crippen LogP contribution in [0.1, 0.15) is 37.7 Å². The molecule has 0 unspecified atom stereocenters. The summed E-state index contributed by atoms with van der Waals surface area (Å²) in [6.45, 7) is 4.73. The Kier molecular flexibility index (Phi) is 5.68. The summed E-state index contributed by atoms with van der Waals surface area (Å²) in [5.41, 5.74) is 9.26. The lowest BCUT2D eigenvalue weighted by atomic mass is 10.1. The van der Waals surface area contributed by atoms with Crippen molar-refractivity contribution in [1.29, 1.82) is 0 Å². The van der Waals surface area contributed by atoms with Crippen LogP contribution in [0.15, 0.2) is 54.9 Å². The third kappa shape index (κ3) is 4.34. The molecular formula is C22H23FN3O2+. The average Bonchev–Trinajstić information content (AvgIpc) is 2.95. The molecule has 2 aromatic heterocycles. The molecular weight excluding hydrogens is 357 g/mol. The number of amides is 1. The molecule has 0 aliphatic rings. The highest BCUT2D eigenvalue weighted by molar-refractivity contribution is 5.96. The molecule has 0 radical (unpaired) electrons. The number of halogens is 1. The fraction of sp³-hybridized carbons (Fsp3) is 0.227. The monoisotopic (exact) mass is 380 g/mol. The Balaban J connectivity index is 1.75. The van der Waals surface area contributed by atoms with Crippen molar-refractivity contribution < 1.29 is 18.5 Å². The van der Waals surface area contributed by atoms with Crippen molar-refractivity contribution >= 4 is 11.7 Å². The second kappa shape index (κ2) is 8.17. The molecule has 0 bridgehead atoms. The van der Waals surface area contributed by atoms with Crippen LogP contribution in [0, 0.1) is 19.7 Å². The Bertz CT molecular complexity index is 1020. The molecule has 0 aliphatic carbocycles. The molecule has 2 N–H and O–H groups in total. The van der Waals surface area contributed by atoms with Crippen molar-refractivity contribution in [3.05, 3.63) is 88.8 Å². The first-order valence-corrected chi connectivity index (χ1v) is 9.08. The smallest absolute Gasteiger partial charge is 0.254 e. The maximum Gasteiger partial charge on any atom is 0.254 e. The SMILES string of the molecule is Cc1cc(C(=O)C[n+]2cccc(C(N)=O)c2)c(C)n1CCc1ccc(F)cc1. The van der Waals surface area contributed by atoms with Gasteiger partial charge in [-0.2, -0.15) is 4.57 Å². The lowest BCUT2D eigenvalue weighted by Gasteiger charge is -2.10. The summed E-state index contributed by atoms with van der Waals surface area (Å²) >= 11 is 0. The summed E-state index contributed by atoms with van der Waals surface area (Å²) in [4.78, 5) is 24.1. The first-order chi connectivity index (χ1) is 13.3. The number of rotatable bonds is 7. The first-order valence-electron chi connectivity index (χ1n) is 9.08. The largest absolute Gasteiger partial charge is 0.365 e. The van der Waals surface area contributed by atoms with Gasteiger partial charge in [0.05, 0.1) is 0 Å². The molecule has 144 valence electrons. The molecule has 6 heteroatoms. The molecule has 1 aromatic carbocycles. The second-order valence-electron chi connectivity index (χ2n) is 6.87. The molecule has 28 heavy (non-hydrogen) atoms. The summed E-state index contributed by atoms with van der Waals surface area (Å²) in [5.74, 6) is -0.809. The number of carbonyl (C=O) groups excluding carboxylic acids is 2. The van der Waals surface area contributed by atoms with Crippen molar-refractivity contribution in [2.24, 2.45) is 5.73 Å². The van der Waals surface area contributed by atoms with Crippen LogP contribution in [-0.4, -0.2) is 16.3 Å². The summed E-state index contributed by atoms with van der Waals surface area (Å²) in [6.07, 6.45) is 4.06. The molecule has 3 aromatic rings. The molecule has 0 saturated carbocycles.